The molecule has 2 aromatic carbocycles. The van der Waals surface area contributed by atoms with Gasteiger partial charge < -0.3 is 4.42 Å². The highest BCUT2D eigenvalue weighted by Crippen LogP contribution is 2.22. The topological polar surface area (TPSA) is 85.1 Å². The van der Waals surface area contributed by atoms with E-state index in [1.807, 2.05) is 30.3 Å². The van der Waals surface area contributed by atoms with Crippen molar-refractivity contribution in [1.82, 2.24) is 14.9 Å². The smallest absolute Gasteiger partial charge is 0.241 e. The van der Waals surface area contributed by atoms with Gasteiger partial charge in [-0.3, -0.25) is 0 Å². The van der Waals surface area contributed by atoms with Gasteiger partial charge in [-0.05, 0) is 42.7 Å². The SMILES string of the molecule is Cc1nnc(C(Cc2ccccc2)NS(=O)(=O)c2ccc(F)c(C)c2)o1. The summed E-state index contributed by atoms with van der Waals surface area (Å²) in [6.45, 7) is 3.14. The van der Waals surface area contributed by atoms with Crippen molar-refractivity contribution in [2.24, 2.45) is 0 Å². The van der Waals surface area contributed by atoms with Gasteiger partial charge in [0, 0.05) is 6.92 Å². The van der Waals surface area contributed by atoms with E-state index in [0.29, 0.717) is 12.3 Å². The summed E-state index contributed by atoms with van der Waals surface area (Å²) in [5.41, 5.74) is 1.16. The van der Waals surface area contributed by atoms with Gasteiger partial charge in [0.05, 0.1) is 4.90 Å². The van der Waals surface area contributed by atoms with Crippen LogP contribution in [0.25, 0.3) is 0 Å². The third-order valence-corrected chi connectivity index (χ3v) is 5.33. The molecule has 0 radical (unpaired) electrons. The first kappa shape index (κ1) is 18.2. The van der Waals surface area contributed by atoms with Gasteiger partial charge in [0.15, 0.2) is 0 Å². The largest absolute Gasteiger partial charge is 0.424 e. The highest BCUT2D eigenvalue weighted by atomic mass is 32.2. The quantitative estimate of drug-likeness (QED) is 0.716. The fraction of sp³-hybridized carbons (Fsp3) is 0.222. The number of halogens is 1. The Morgan fingerprint density at radius 2 is 1.85 bits per heavy atom. The number of hydrogen-bond acceptors (Lipinski definition) is 5. The molecule has 1 heterocycles. The first-order chi connectivity index (χ1) is 12.3. The van der Waals surface area contributed by atoms with Crippen LogP contribution < -0.4 is 4.72 Å². The summed E-state index contributed by atoms with van der Waals surface area (Å²) in [6.07, 6.45) is 0.335. The molecule has 1 aromatic heterocycles. The first-order valence-electron chi connectivity index (χ1n) is 7.97. The molecular formula is C18H18FN3O3S. The van der Waals surface area contributed by atoms with E-state index in [0.717, 1.165) is 11.6 Å². The van der Waals surface area contributed by atoms with Crippen LogP contribution in [-0.2, 0) is 16.4 Å². The lowest BCUT2D eigenvalue weighted by molar-refractivity contribution is 0.411. The molecule has 0 aliphatic rings. The Labute approximate surface area is 151 Å². The fourth-order valence-corrected chi connectivity index (χ4v) is 3.80. The zero-order valence-corrected chi connectivity index (χ0v) is 15.1. The van der Waals surface area contributed by atoms with Crippen molar-refractivity contribution in [1.29, 1.82) is 0 Å². The Balaban J connectivity index is 1.92. The molecule has 1 atom stereocenters. The van der Waals surface area contributed by atoms with Crippen molar-refractivity contribution >= 4 is 10.0 Å². The average Bonchev–Trinajstić information content (AvgIpc) is 3.04. The highest BCUT2D eigenvalue weighted by Gasteiger charge is 2.26. The maximum absolute atomic E-state index is 13.5. The van der Waals surface area contributed by atoms with Gasteiger partial charge in [0.1, 0.15) is 11.9 Å². The van der Waals surface area contributed by atoms with Gasteiger partial charge >= 0.3 is 0 Å². The van der Waals surface area contributed by atoms with Crippen LogP contribution in [0.1, 0.15) is 29.0 Å². The maximum atomic E-state index is 13.5. The van der Waals surface area contributed by atoms with Crippen molar-refractivity contribution in [3.63, 3.8) is 0 Å². The van der Waals surface area contributed by atoms with Gasteiger partial charge in [-0.1, -0.05) is 30.3 Å². The predicted octanol–water partition coefficient (Wildman–Crippen LogP) is 3.09. The molecule has 0 spiro atoms. The van der Waals surface area contributed by atoms with Crippen LogP contribution in [0.3, 0.4) is 0 Å². The van der Waals surface area contributed by atoms with E-state index in [4.69, 9.17) is 4.42 Å². The average molecular weight is 375 g/mol. The number of nitrogens with zero attached hydrogens (tertiary/aromatic N) is 2. The second-order valence-electron chi connectivity index (χ2n) is 5.93. The molecule has 0 fully saturated rings. The predicted molar refractivity (Wildman–Crippen MR) is 93.4 cm³/mol. The molecule has 3 aromatic rings. The van der Waals surface area contributed by atoms with Crippen LogP contribution >= 0.6 is 0 Å². The van der Waals surface area contributed by atoms with Gasteiger partial charge in [-0.2, -0.15) is 4.72 Å². The van der Waals surface area contributed by atoms with E-state index in [2.05, 4.69) is 14.9 Å². The molecular weight excluding hydrogens is 357 g/mol. The standard InChI is InChI=1S/C18H18FN3O3S/c1-12-10-15(8-9-16(12)19)26(23,24)22-17(18-21-20-13(2)25-18)11-14-6-4-3-5-7-14/h3-10,17,22H,11H2,1-2H3. The van der Waals surface area contributed by atoms with Crippen molar-refractivity contribution in [2.45, 2.75) is 31.2 Å². The van der Waals surface area contributed by atoms with Crippen molar-refractivity contribution in [3.05, 3.63) is 77.3 Å². The summed E-state index contributed by atoms with van der Waals surface area (Å²) in [4.78, 5) is -0.0225. The van der Waals surface area contributed by atoms with E-state index in [1.165, 1.54) is 19.1 Å². The van der Waals surface area contributed by atoms with Gasteiger partial charge in [-0.25, -0.2) is 12.8 Å². The molecule has 1 N–H and O–H groups in total. The Morgan fingerprint density at radius 1 is 1.12 bits per heavy atom. The highest BCUT2D eigenvalue weighted by molar-refractivity contribution is 7.89. The Hall–Kier alpha value is -2.58. The molecule has 1 unspecified atom stereocenters. The number of nitrogens with one attached hydrogen (secondary N) is 1. The van der Waals surface area contributed by atoms with Crippen LogP contribution in [0, 0.1) is 19.7 Å². The lowest BCUT2D eigenvalue weighted by atomic mass is 10.1. The van der Waals surface area contributed by atoms with E-state index >= 15 is 0 Å². The van der Waals surface area contributed by atoms with Crippen LogP contribution in [0.15, 0.2) is 57.8 Å². The van der Waals surface area contributed by atoms with E-state index < -0.39 is 21.9 Å². The molecule has 8 heteroatoms. The number of benzene rings is 2. The zero-order chi connectivity index (χ0) is 18.7. The second kappa shape index (κ2) is 7.35. The lowest BCUT2D eigenvalue weighted by Gasteiger charge is -2.16. The monoisotopic (exact) mass is 375 g/mol. The van der Waals surface area contributed by atoms with Crippen molar-refractivity contribution < 1.29 is 17.2 Å². The summed E-state index contributed by atoms with van der Waals surface area (Å²) in [7, 11) is -3.90. The van der Waals surface area contributed by atoms with Crippen LogP contribution in [0.2, 0.25) is 0 Å². The maximum Gasteiger partial charge on any atom is 0.241 e. The normalized spacial score (nSPS) is 12.9. The molecule has 0 amide bonds. The minimum absolute atomic E-state index is 0.0225. The summed E-state index contributed by atoms with van der Waals surface area (Å²) in [5, 5.41) is 7.72. The van der Waals surface area contributed by atoms with Crippen molar-refractivity contribution in [3.8, 4) is 0 Å². The zero-order valence-electron chi connectivity index (χ0n) is 14.3. The third-order valence-electron chi connectivity index (χ3n) is 3.86. The van der Waals surface area contributed by atoms with Gasteiger partial charge in [0.2, 0.25) is 21.8 Å². The number of rotatable bonds is 6. The summed E-state index contributed by atoms with van der Waals surface area (Å²) < 4.78 is 47.0. The molecule has 6 nitrogen and oxygen atoms in total. The van der Waals surface area contributed by atoms with E-state index in [9.17, 15) is 12.8 Å². The van der Waals surface area contributed by atoms with Crippen LogP contribution in [0.4, 0.5) is 4.39 Å². The number of aryl methyl sites for hydroxylation is 2. The molecule has 26 heavy (non-hydrogen) atoms. The Bertz CT molecular complexity index is 1000. The number of aromatic nitrogens is 2. The van der Waals surface area contributed by atoms with Crippen molar-refractivity contribution in [2.75, 3.05) is 0 Å². The third kappa shape index (κ3) is 4.14. The Kier molecular flexibility index (Phi) is 5.15. The number of hydrogen-bond donors (Lipinski definition) is 1. The van der Waals surface area contributed by atoms with E-state index in [1.54, 1.807) is 6.92 Å². The lowest BCUT2D eigenvalue weighted by Crippen LogP contribution is -2.30. The Morgan fingerprint density at radius 3 is 2.46 bits per heavy atom. The second-order valence-corrected chi connectivity index (χ2v) is 7.65. The summed E-state index contributed by atoms with van der Waals surface area (Å²) in [6, 6.07) is 12.3. The minimum atomic E-state index is -3.90. The van der Waals surface area contributed by atoms with Gasteiger partial charge in [0.25, 0.3) is 0 Å². The molecule has 0 saturated carbocycles. The molecule has 0 aliphatic heterocycles. The van der Waals surface area contributed by atoms with Crippen LogP contribution in [0.5, 0.6) is 0 Å². The van der Waals surface area contributed by atoms with Crippen LogP contribution in [-0.4, -0.2) is 18.6 Å². The summed E-state index contributed by atoms with van der Waals surface area (Å²) >= 11 is 0. The molecule has 0 saturated heterocycles. The molecule has 136 valence electrons. The molecule has 0 aliphatic carbocycles. The summed E-state index contributed by atoms with van der Waals surface area (Å²) in [5.74, 6) is 0.0564. The number of sulfonamides is 1. The fourth-order valence-electron chi connectivity index (χ4n) is 2.52. The first-order valence-corrected chi connectivity index (χ1v) is 9.46. The molecule has 0 bridgehead atoms. The van der Waals surface area contributed by atoms with E-state index in [-0.39, 0.29) is 16.3 Å². The minimum Gasteiger partial charge on any atom is -0.424 e. The van der Waals surface area contributed by atoms with Gasteiger partial charge in [-0.15, -0.1) is 10.2 Å². The molecule has 3 rings (SSSR count).